The molecule has 0 amide bonds. The number of hydrogen-bond donors (Lipinski definition) is 1. The molecule has 0 aliphatic heterocycles. The summed E-state index contributed by atoms with van der Waals surface area (Å²) in [7, 11) is 0. The topological polar surface area (TPSA) is 43.8 Å². The second kappa shape index (κ2) is 3.52. The van der Waals surface area contributed by atoms with Gasteiger partial charge in [-0.1, -0.05) is 0 Å². The summed E-state index contributed by atoms with van der Waals surface area (Å²) in [6.45, 7) is 4.18. The molecule has 0 atom stereocenters. The number of rotatable bonds is 1. The van der Waals surface area contributed by atoms with Crippen LogP contribution in [0.3, 0.4) is 0 Å². The van der Waals surface area contributed by atoms with Crippen LogP contribution >= 0.6 is 0 Å². The molecule has 98 valence electrons. The smallest absolute Gasteiger partial charge is 0.0826 e. The van der Waals surface area contributed by atoms with Crippen LogP contribution in [-0.2, 0) is 0 Å². The molecular formula is C15H23N3. The van der Waals surface area contributed by atoms with Gasteiger partial charge in [0.1, 0.15) is 0 Å². The molecule has 4 aliphatic carbocycles. The summed E-state index contributed by atoms with van der Waals surface area (Å²) in [6.07, 6.45) is 7.27. The highest BCUT2D eigenvalue weighted by Crippen LogP contribution is 2.58. The Morgan fingerprint density at radius 3 is 2.00 bits per heavy atom. The Bertz CT molecular complexity index is 460. The van der Waals surface area contributed by atoms with Gasteiger partial charge in [0, 0.05) is 0 Å². The van der Waals surface area contributed by atoms with Gasteiger partial charge in [-0.15, -0.1) is 0 Å². The summed E-state index contributed by atoms with van der Waals surface area (Å²) in [6, 6.07) is 0.647. The molecule has 3 heteroatoms. The Labute approximate surface area is 109 Å². The fraction of sp³-hybridized carbons (Fsp3) is 0.800. The molecular weight excluding hydrogens is 222 g/mol. The van der Waals surface area contributed by atoms with E-state index in [0.29, 0.717) is 6.04 Å². The molecule has 0 aromatic carbocycles. The lowest BCUT2D eigenvalue weighted by atomic mass is 9.54. The second-order valence-electron chi connectivity index (χ2n) is 6.95. The van der Waals surface area contributed by atoms with E-state index in [9.17, 15) is 0 Å². The van der Waals surface area contributed by atoms with Crippen molar-refractivity contribution in [2.24, 2.45) is 23.7 Å². The van der Waals surface area contributed by atoms with E-state index in [2.05, 4.69) is 11.6 Å². The highest BCUT2D eigenvalue weighted by Gasteiger charge is 2.49. The van der Waals surface area contributed by atoms with Crippen molar-refractivity contribution in [3.05, 3.63) is 11.4 Å². The van der Waals surface area contributed by atoms with Crippen molar-refractivity contribution >= 4 is 5.69 Å². The molecule has 0 radical (unpaired) electrons. The lowest BCUT2D eigenvalue weighted by Crippen LogP contribution is -2.46. The summed E-state index contributed by atoms with van der Waals surface area (Å²) in [5.41, 5.74) is 9.23. The number of nitrogens with zero attached hydrogens (tertiary/aromatic N) is 2. The standard InChI is InChI=1S/C15H23N3/c1-8-14(16)9(2)18(17-8)15-12-4-10-3-11(6-12)7-13(15)5-10/h10-13,15H,3-7,16H2,1-2H3. The average molecular weight is 245 g/mol. The van der Waals surface area contributed by atoms with Crippen molar-refractivity contribution in [3.63, 3.8) is 0 Å². The van der Waals surface area contributed by atoms with E-state index in [1.54, 1.807) is 0 Å². The van der Waals surface area contributed by atoms with Crippen molar-refractivity contribution in [1.82, 2.24) is 9.78 Å². The molecule has 4 bridgehead atoms. The molecule has 1 aromatic heterocycles. The summed E-state index contributed by atoms with van der Waals surface area (Å²) < 4.78 is 2.29. The molecule has 5 rings (SSSR count). The van der Waals surface area contributed by atoms with Gasteiger partial charge in [0.15, 0.2) is 0 Å². The van der Waals surface area contributed by atoms with Crippen LogP contribution < -0.4 is 5.73 Å². The van der Waals surface area contributed by atoms with Gasteiger partial charge < -0.3 is 5.73 Å². The molecule has 4 aliphatic rings. The number of nitrogens with two attached hydrogens (primary N) is 1. The van der Waals surface area contributed by atoms with Gasteiger partial charge in [0.05, 0.1) is 23.1 Å². The van der Waals surface area contributed by atoms with Crippen LogP contribution in [-0.4, -0.2) is 9.78 Å². The number of hydrogen-bond acceptors (Lipinski definition) is 2. The van der Waals surface area contributed by atoms with Crippen molar-refractivity contribution in [1.29, 1.82) is 0 Å². The van der Waals surface area contributed by atoms with E-state index in [0.717, 1.165) is 35.1 Å². The first-order valence-electron chi connectivity index (χ1n) is 7.44. The molecule has 2 N–H and O–H groups in total. The Balaban J connectivity index is 1.74. The average Bonchev–Trinajstić information content (AvgIpc) is 2.56. The molecule has 4 fully saturated rings. The van der Waals surface area contributed by atoms with Gasteiger partial charge in [-0.05, 0) is 69.6 Å². The summed E-state index contributed by atoms with van der Waals surface area (Å²) >= 11 is 0. The van der Waals surface area contributed by atoms with Crippen molar-refractivity contribution in [3.8, 4) is 0 Å². The van der Waals surface area contributed by atoms with Crippen LogP contribution in [0.5, 0.6) is 0 Å². The maximum absolute atomic E-state index is 6.11. The van der Waals surface area contributed by atoms with Gasteiger partial charge in [-0.3, -0.25) is 4.68 Å². The molecule has 18 heavy (non-hydrogen) atoms. The summed E-state index contributed by atoms with van der Waals surface area (Å²) in [4.78, 5) is 0. The van der Waals surface area contributed by atoms with E-state index in [-0.39, 0.29) is 0 Å². The van der Waals surface area contributed by atoms with Gasteiger partial charge in [0.25, 0.3) is 0 Å². The van der Waals surface area contributed by atoms with Crippen LogP contribution in [0, 0.1) is 37.5 Å². The first-order valence-corrected chi connectivity index (χ1v) is 7.44. The summed E-state index contributed by atoms with van der Waals surface area (Å²) in [5.74, 6) is 3.80. The van der Waals surface area contributed by atoms with E-state index in [4.69, 9.17) is 10.8 Å². The predicted molar refractivity (Wildman–Crippen MR) is 72.2 cm³/mol. The van der Waals surface area contributed by atoms with Crippen LogP contribution in [0.15, 0.2) is 0 Å². The normalized spacial score (nSPS) is 41.6. The van der Waals surface area contributed by atoms with Crippen LogP contribution in [0.2, 0.25) is 0 Å². The third-order valence-corrected chi connectivity index (χ3v) is 5.84. The molecule has 1 heterocycles. The molecule has 0 spiro atoms. The van der Waals surface area contributed by atoms with Crippen molar-refractivity contribution in [2.75, 3.05) is 5.73 Å². The minimum Gasteiger partial charge on any atom is -0.396 e. The fourth-order valence-corrected chi connectivity index (χ4v) is 5.26. The molecule has 4 saturated carbocycles. The van der Waals surface area contributed by atoms with E-state index >= 15 is 0 Å². The highest BCUT2D eigenvalue weighted by atomic mass is 15.3. The number of nitrogen functional groups attached to an aromatic ring is 1. The second-order valence-corrected chi connectivity index (χ2v) is 6.95. The molecule has 1 aromatic rings. The maximum Gasteiger partial charge on any atom is 0.0826 e. The van der Waals surface area contributed by atoms with E-state index in [1.807, 2.05) is 6.92 Å². The van der Waals surface area contributed by atoms with Gasteiger partial charge in [-0.25, -0.2) is 0 Å². The maximum atomic E-state index is 6.11. The zero-order valence-corrected chi connectivity index (χ0v) is 11.4. The van der Waals surface area contributed by atoms with Gasteiger partial charge in [0.2, 0.25) is 0 Å². The van der Waals surface area contributed by atoms with Crippen LogP contribution in [0.25, 0.3) is 0 Å². The monoisotopic (exact) mass is 245 g/mol. The quantitative estimate of drug-likeness (QED) is 0.826. The Hall–Kier alpha value is -0.990. The Morgan fingerprint density at radius 1 is 1.00 bits per heavy atom. The van der Waals surface area contributed by atoms with E-state index < -0.39 is 0 Å². The fourth-order valence-electron chi connectivity index (χ4n) is 5.26. The number of anilines is 1. The van der Waals surface area contributed by atoms with Crippen molar-refractivity contribution < 1.29 is 0 Å². The molecule has 0 unspecified atom stereocenters. The number of aryl methyl sites for hydroxylation is 1. The van der Waals surface area contributed by atoms with Crippen LogP contribution in [0.1, 0.15) is 49.5 Å². The number of aromatic nitrogens is 2. The van der Waals surface area contributed by atoms with Gasteiger partial charge >= 0.3 is 0 Å². The zero-order chi connectivity index (χ0) is 12.4. The van der Waals surface area contributed by atoms with Crippen LogP contribution in [0.4, 0.5) is 5.69 Å². The summed E-state index contributed by atoms with van der Waals surface area (Å²) in [5, 5.41) is 4.75. The first-order chi connectivity index (χ1) is 8.63. The van der Waals surface area contributed by atoms with Crippen molar-refractivity contribution in [2.45, 2.75) is 52.0 Å². The third-order valence-electron chi connectivity index (χ3n) is 5.84. The molecule has 3 nitrogen and oxygen atoms in total. The minimum absolute atomic E-state index is 0.647. The predicted octanol–water partition coefficient (Wildman–Crippen LogP) is 3.08. The Morgan fingerprint density at radius 2 is 1.56 bits per heavy atom. The minimum atomic E-state index is 0.647. The zero-order valence-electron chi connectivity index (χ0n) is 11.4. The highest BCUT2D eigenvalue weighted by molar-refractivity contribution is 5.47. The largest absolute Gasteiger partial charge is 0.396 e. The third kappa shape index (κ3) is 1.33. The van der Waals surface area contributed by atoms with E-state index in [1.165, 1.54) is 37.8 Å². The first kappa shape index (κ1) is 10.9. The van der Waals surface area contributed by atoms with Gasteiger partial charge in [-0.2, -0.15) is 5.10 Å². The molecule has 0 saturated heterocycles. The SMILES string of the molecule is Cc1nn(C2C3CC4CC(C3)CC2C4)c(C)c1N. The lowest BCUT2D eigenvalue weighted by molar-refractivity contribution is -0.0344. The Kier molecular flexibility index (Phi) is 2.13. The lowest BCUT2D eigenvalue weighted by Gasteiger charge is -2.54.